The molecule has 0 aromatic rings. The first-order valence-electron chi connectivity index (χ1n) is 8.17. The summed E-state index contributed by atoms with van der Waals surface area (Å²) < 4.78 is 0. The first kappa shape index (κ1) is 17.7. The van der Waals surface area contributed by atoms with Crippen molar-refractivity contribution in [1.29, 1.82) is 0 Å². The molecule has 0 aliphatic carbocycles. The fourth-order valence-corrected chi connectivity index (χ4v) is 2.18. The summed E-state index contributed by atoms with van der Waals surface area (Å²) in [5, 5.41) is 8.65. The molecule has 0 saturated carbocycles. The zero-order valence-electron chi connectivity index (χ0n) is 12.5. The smallest absolute Gasteiger partial charge is 0.0431 e. The van der Waals surface area contributed by atoms with E-state index in [0.717, 1.165) is 6.42 Å². The van der Waals surface area contributed by atoms with Crippen LogP contribution in [-0.4, -0.2) is 11.7 Å². The molecule has 0 aliphatic heterocycles. The van der Waals surface area contributed by atoms with Gasteiger partial charge in [0.15, 0.2) is 0 Å². The van der Waals surface area contributed by atoms with Crippen LogP contribution in [0.2, 0.25) is 0 Å². The van der Waals surface area contributed by atoms with Crippen LogP contribution in [0.15, 0.2) is 12.2 Å². The van der Waals surface area contributed by atoms with Gasteiger partial charge in [0, 0.05) is 6.61 Å². The van der Waals surface area contributed by atoms with E-state index < -0.39 is 0 Å². The summed E-state index contributed by atoms with van der Waals surface area (Å²) >= 11 is 0. The van der Waals surface area contributed by atoms with Gasteiger partial charge in [-0.1, -0.05) is 70.4 Å². The second kappa shape index (κ2) is 16.7. The van der Waals surface area contributed by atoms with Crippen molar-refractivity contribution in [3.63, 3.8) is 0 Å². The quantitative estimate of drug-likeness (QED) is 0.315. The van der Waals surface area contributed by atoms with Crippen LogP contribution in [-0.2, 0) is 0 Å². The van der Waals surface area contributed by atoms with E-state index in [9.17, 15) is 0 Å². The van der Waals surface area contributed by atoms with E-state index in [4.69, 9.17) is 5.11 Å². The maximum atomic E-state index is 8.65. The highest BCUT2D eigenvalue weighted by Gasteiger charge is 1.90. The monoisotopic (exact) mass is 254 g/mol. The number of allylic oxidation sites excluding steroid dienone is 2. The Labute approximate surface area is 115 Å². The number of aliphatic hydroxyl groups excluding tert-OH is 1. The first-order valence-corrected chi connectivity index (χ1v) is 8.17. The maximum Gasteiger partial charge on any atom is 0.0431 e. The Balaban J connectivity index is 2.99. The Morgan fingerprint density at radius 1 is 0.611 bits per heavy atom. The Bertz CT molecular complexity index is 163. The van der Waals surface area contributed by atoms with E-state index in [2.05, 4.69) is 19.1 Å². The molecule has 0 spiro atoms. The lowest BCUT2D eigenvalue weighted by molar-refractivity contribution is 0.282. The van der Waals surface area contributed by atoms with Gasteiger partial charge in [-0.2, -0.15) is 0 Å². The van der Waals surface area contributed by atoms with Crippen molar-refractivity contribution in [3.05, 3.63) is 12.2 Å². The van der Waals surface area contributed by atoms with Gasteiger partial charge in [0.1, 0.15) is 0 Å². The van der Waals surface area contributed by atoms with Crippen LogP contribution in [0.25, 0.3) is 0 Å². The minimum absolute atomic E-state index is 0.364. The van der Waals surface area contributed by atoms with E-state index in [1.165, 1.54) is 77.0 Å². The van der Waals surface area contributed by atoms with Crippen LogP contribution in [0.4, 0.5) is 0 Å². The van der Waals surface area contributed by atoms with Crippen molar-refractivity contribution < 1.29 is 5.11 Å². The largest absolute Gasteiger partial charge is 0.396 e. The molecule has 0 heterocycles. The zero-order chi connectivity index (χ0) is 13.3. The number of rotatable bonds is 14. The third-order valence-corrected chi connectivity index (χ3v) is 3.42. The lowest BCUT2D eigenvalue weighted by Gasteiger charge is -1.99. The molecule has 18 heavy (non-hydrogen) atoms. The van der Waals surface area contributed by atoms with Crippen LogP contribution >= 0.6 is 0 Å². The highest BCUT2D eigenvalue weighted by Crippen LogP contribution is 2.09. The average Bonchev–Trinajstić information content (AvgIpc) is 2.39. The van der Waals surface area contributed by atoms with Crippen molar-refractivity contribution >= 4 is 0 Å². The molecule has 0 amide bonds. The Kier molecular flexibility index (Phi) is 16.4. The summed E-state index contributed by atoms with van der Waals surface area (Å²) in [6, 6.07) is 0. The van der Waals surface area contributed by atoms with Crippen molar-refractivity contribution in [2.75, 3.05) is 6.61 Å². The van der Waals surface area contributed by atoms with Crippen LogP contribution in [0.1, 0.15) is 90.4 Å². The van der Waals surface area contributed by atoms with Gasteiger partial charge in [-0.3, -0.25) is 0 Å². The van der Waals surface area contributed by atoms with E-state index in [0.29, 0.717) is 6.61 Å². The highest BCUT2D eigenvalue weighted by atomic mass is 16.2. The van der Waals surface area contributed by atoms with Crippen molar-refractivity contribution in [1.82, 2.24) is 0 Å². The summed E-state index contributed by atoms with van der Waals surface area (Å²) in [6.07, 6.45) is 21.7. The van der Waals surface area contributed by atoms with Gasteiger partial charge in [0.25, 0.3) is 0 Å². The van der Waals surface area contributed by atoms with E-state index in [1.807, 2.05) is 0 Å². The van der Waals surface area contributed by atoms with Gasteiger partial charge >= 0.3 is 0 Å². The molecule has 0 atom stereocenters. The standard InChI is InChI=1S/C17H34O/c1-2-3-4-5-6-7-8-9-10-11-12-13-14-15-16-17-18/h7-8,18H,2-6,9-17H2,1H3. The molecule has 0 unspecified atom stereocenters. The van der Waals surface area contributed by atoms with Gasteiger partial charge in [0.05, 0.1) is 0 Å². The zero-order valence-corrected chi connectivity index (χ0v) is 12.5. The topological polar surface area (TPSA) is 20.2 Å². The lowest BCUT2D eigenvalue weighted by atomic mass is 10.1. The molecule has 1 N–H and O–H groups in total. The van der Waals surface area contributed by atoms with E-state index in [1.54, 1.807) is 0 Å². The SMILES string of the molecule is CCCCCCC=CCCCCCCCCCO. The van der Waals surface area contributed by atoms with Crippen molar-refractivity contribution in [2.45, 2.75) is 90.4 Å². The summed E-state index contributed by atoms with van der Waals surface area (Å²) in [5.74, 6) is 0. The molecule has 0 bridgehead atoms. The maximum absolute atomic E-state index is 8.65. The lowest BCUT2D eigenvalue weighted by Crippen LogP contribution is -1.83. The summed E-state index contributed by atoms with van der Waals surface area (Å²) in [5.41, 5.74) is 0. The van der Waals surface area contributed by atoms with Gasteiger partial charge in [-0.15, -0.1) is 0 Å². The van der Waals surface area contributed by atoms with Crippen molar-refractivity contribution in [3.8, 4) is 0 Å². The number of hydrogen-bond donors (Lipinski definition) is 1. The Morgan fingerprint density at radius 3 is 1.56 bits per heavy atom. The first-order chi connectivity index (χ1) is 8.91. The third-order valence-electron chi connectivity index (χ3n) is 3.42. The number of unbranched alkanes of at least 4 members (excludes halogenated alkanes) is 11. The van der Waals surface area contributed by atoms with Crippen molar-refractivity contribution in [2.24, 2.45) is 0 Å². The van der Waals surface area contributed by atoms with Gasteiger partial charge in [-0.05, 0) is 32.1 Å². The van der Waals surface area contributed by atoms with Crippen LogP contribution in [0, 0.1) is 0 Å². The van der Waals surface area contributed by atoms with E-state index in [-0.39, 0.29) is 0 Å². The summed E-state index contributed by atoms with van der Waals surface area (Å²) in [4.78, 5) is 0. The van der Waals surface area contributed by atoms with E-state index >= 15 is 0 Å². The minimum atomic E-state index is 0.364. The summed E-state index contributed by atoms with van der Waals surface area (Å²) in [6.45, 7) is 2.63. The predicted molar refractivity (Wildman–Crippen MR) is 81.9 cm³/mol. The molecule has 0 saturated heterocycles. The molecular formula is C17H34O. The normalized spacial score (nSPS) is 11.4. The van der Waals surface area contributed by atoms with Gasteiger partial charge in [0.2, 0.25) is 0 Å². The molecule has 108 valence electrons. The molecule has 0 radical (unpaired) electrons. The second-order valence-corrected chi connectivity index (χ2v) is 5.31. The predicted octanol–water partition coefficient (Wildman–Crippen LogP) is 5.63. The second-order valence-electron chi connectivity index (χ2n) is 5.31. The highest BCUT2D eigenvalue weighted by molar-refractivity contribution is 4.81. The van der Waals surface area contributed by atoms with Crippen LogP contribution in [0.5, 0.6) is 0 Å². The van der Waals surface area contributed by atoms with Gasteiger partial charge in [-0.25, -0.2) is 0 Å². The van der Waals surface area contributed by atoms with Gasteiger partial charge < -0.3 is 5.11 Å². The fourth-order valence-electron chi connectivity index (χ4n) is 2.18. The van der Waals surface area contributed by atoms with Crippen LogP contribution in [0.3, 0.4) is 0 Å². The summed E-state index contributed by atoms with van der Waals surface area (Å²) in [7, 11) is 0. The molecule has 0 aromatic heterocycles. The third kappa shape index (κ3) is 15.7. The number of hydrogen-bond acceptors (Lipinski definition) is 1. The Morgan fingerprint density at radius 2 is 1.06 bits per heavy atom. The molecule has 1 nitrogen and oxygen atoms in total. The fraction of sp³-hybridized carbons (Fsp3) is 0.882. The molecule has 1 heteroatoms. The molecular weight excluding hydrogens is 220 g/mol. The Hall–Kier alpha value is -0.300. The molecule has 0 rings (SSSR count). The number of aliphatic hydroxyl groups is 1. The average molecular weight is 254 g/mol. The molecule has 0 aliphatic rings. The molecule has 0 aromatic carbocycles. The molecule has 0 fully saturated rings. The minimum Gasteiger partial charge on any atom is -0.396 e. The van der Waals surface area contributed by atoms with Crippen LogP contribution < -0.4 is 0 Å².